The number of halogens is 1. The lowest BCUT2D eigenvalue weighted by Gasteiger charge is -2.36. The van der Waals surface area contributed by atoms with E-state index in [1.165, 1.54) is 6.07 Å². The van der Waals surface area contributed by atoms with Crippen LogP contribution in [0, 0.1) is 19.7 Å². The van der Waals surface area contributed by atoms with Crippen molar-refractivity contribution in [3.8, 4) is 5.69 Å². The van der Waals surface area contributed by atoms with Crippen LogP contribution in [0.1, 0.15) is 29.4 Å². The molecular formula is C19H24FN3O3. The molecule has 6 nitrogen and oxygen atoms in total. The highest BCUT2D eigenvalue weighted by atomic mass is 19.1. The SMILES string of the molecule is COCCC(=O)N1CCOC[C@@H]1c1c(C)nn(-c2ccccc2F)c1C. The van der Waals surface area contributed by atoms with Gasteiger partial charge in [-0.2, -0.15) is 5.10 Å². The fourth-order valence-electron chi connectivity index (χ4n) is 3.47. The van der Waals surface area contributed by atoms with Crippen molar-refractivity contribution in [2.45, 2.75) is 26.3 Å². The lowest BCUT2D eigenvalue weighted by molar-refractivity contribution is -0.141. The molecule has 26 heavy (non-hydrogen) atoms. The number of carbonyl (C=O) groups is 1. The van der Waals surface area contributed by atoms with Crippen LogP contribution in [-0.4, -0.2) is 54.1 Å². The molecule has 1 aromatic carbocycles. The van der Waals surface area contributed by atoms with Gasteiger partial charge in [-0.15, -0.1) is 0 Å². The van der Waals surface area contributed by atoms with Crippen LogP contribution in [0.5, 0.6) is 0 Å². The first kappa shape index (κ1) is 18.5. The van der Waals surface area contributed by atoms with E-state index in [0.717, 1.165) is 17.0 Å². The van der Waals surface area contributed by atoms with Crippen molar-refractivity contribution in [1.82, 2.24) is 14.7 Å². The van der Waals surface area contributed by atoms with E-state index in [0.29, 0.717) is 38.5 Å². The molecule has 0 spiro atoms. The normalized spacial score (nSPS) is 17.5. The lowest BCUT2D eigenvalue weighted by atomic mass is 10.0. The maximum absolute atomic E-state index is 14.2. The zero-order valence-electron chi connectivity index (χ0n) is 15.4. The number of amides is 1. The fraction of sp³-hybridized carbons (Fsp3) is 0.474. The first-order valence-corrected chi connectivity index (χ1v) is 8.71. The van der Waals surface area contributed by atoms with E-state index in [4.69, 9.17) is 9.47 Å². The minimum atomic E-state index is -0.336. The zero-order chi connectivity index (χ0) is 18.7. The van der Waals surface area contributed by atoms with Crippen LogP contribution in [0.3, 0.4) is 0 Å². The number of nitrogens with zero attached hydrogens (tertiary/aromatic N) is 3. The van der Waals surface area contributed by atoms with Crippen LogP contribution in [-0.2, 0) is 14.3 Å². The lowest BCUT2D eigenvalue weighted by Crippen LogP contribution is -2.44. The quantitative estimate of drug-likeness (QED) is 0.821. The summed E-state index contributed by atoms with van der Waals surface area (Å²) in [7, 11) is 1.58. The monoisotopic (exact) mass is 361 g/mol. The summed E-state index contributed by atoms with van der Waals surface area (Å²) in [5.41, 5.74) is 2.89. The van der Waals surface area contributed by atoms with Gasteiger partial charge in [-0.1, -0.05) is 12.1 Å². The highest BCUT2D eigenvalue weighted by Crippen LogP contribution is 2.31. The Balaban J connectivity index is 1.97. The molecule has 7 heteroatoms. The number of hydrogen-bond acceptors (Lipinski definition) is 4. The summed E-state index contributed by atoms with van der Waals surface area (Å²) in [5.74, 6) is -0.310. The van der Waals surface area contributed by atoms with E-state index < -0.39 is 0 Å². The van der Waals surface area contributed by atoms with Crippen LogP contribution >= 0.6 is 0 Å². The Morgan fingerprint density at radius 2 is 2.15 bits per heavy atom. The Labute approximate surface area is 152 Å². The third-order valence-electron chi connectivity index (χ3n) is 4.73. The molecule has 0 saturated carbocycles. The van der Waals surface area contributed by atoms with Gasteiger partial charge in [-0.3, -0.25) is 4.79 Å². The summed E-state index contributed by atoms with van der Waals surface area (Å²) in [4.78, 5) is 14.4. The average Bonchev–Trinajstić information content (AvgIpc) is 2.94. The second-order valence-corrected chi connectivity index (χ2v) is 6.37. The molecular weight excluding hydrogens is 337 g/mol. The standard InChI is InChI=1S/C19H24FN3O3/c1-13-19(14(2)23(21-13)16-7-5-4-6-15(16)20)17-12-26-11-9-22(17)18(24)8-10-25-3/h4-7,17H,8-12H2,1-3H3/t17-/m1/s1. The van der Waals surface area contributed by atoms with Crippen molar-refractivity contribution in [3.05, 3.63) is 47.0 Å². The molecule has 0 unspecified atom stereocenters. The van der Waals surface area contributed by atoms with Gasteiger partial charge in [0.05, 0.1) is 38.0 Å². The molecule has 0 N–H and O–H groups in total. The Bertz CT molecular complexity index is 790. The van der Waals surface area contributed by atoms with Crippen molar-refractivity contribution in [2.75, 3.05) is 33.5 Å². The predicted molar refractivity (Wildman–Crippen MR) is 94.8 cm³/mol. The number of rotatable bonds is 5. The fourth-order valence-corrected chi connectivity index (χ4v) is 3.47. The number of carbonyl (C=O) groups excluding carboxylic acids is 1. The second kappa shape index (κ2) is 7.97. The van der Waals surface area contributed by atoms with Crippen LogP contribution in [0.15, 0.2) is 24.3 Å². The minimum absolute atomic E-state index is 0.0255. The number of hydrogen-bond donors (Lipinski definition) is 0. The Morgan fingerprint density at radius 1 is 1.38 bits per heavy atom. The Kier molecular flexibility index (Phi) is 5.68. The van der Waals surface area contributed by atoms with Gasteiger partial charge < -0.3 is 14.4 Å². The third-order valence-corrected chi connectivity index (χ3v) is 4.73. The van der Waals surface area contributed by atoms with Crippen molar-refractivity contribution >= 4 is 5.91 Å². The number of methoxy groups -OCH3 is 1. The predicted octanol–water partition coefficient (Wildman–Crippen LogP) is 2.56. The molecule has 0 bridgehead atoms. The molecule has 1 aliphatic heterocycles. The Hall–Kier alpha value is -2.25. The number of aryl methyl sites for hydroxylation is 1. The summed E-state index contributed by atoms with van der Waals surface area (Å²) in [5, 5.41) is 4.53. The summed E-state index contributed by atoms with van der Waals surface area (Å²) < 4.78 is 26.5. The van der Waals surface area contributed by atoms with E-state index in [9.17, 15) is 9.18 Å². The van der Waals surface area contributed by atoms with Crippen LogP contribution in [0.25, 0.3) is 5.69 Å². The summed E-state index contributed by atoms with van der Waals surface area (Å²) >= 11 is 0. The maximum Gasteiger partial charge on any atom is 0.225 e. The molecule has 1 fully saturated rings. The molecule has 0 radical (unpaired) electrons. The molecule has 1 atom stereocenters. The van der Waals surface area contributed by atoms with Gasteiger partial charge in [-0.05, 0) is 26.0 Å². The number of ether oxygens (including phenoxy) is 2. The molecule has 0 aliphatic carbocycles. The van der Waals surface area contributed by atoms with Gasteiger partial charge in [-0.25, -0.2) is 9.07 Å². The van der Waals surface area contributed by atoms with Gasteiger partial charge in [0.15, 0.2) is 0 Å². The molecule has 1 saturated heterocycles. The molecule has 2 aromatic rings. The largest absolute Gasteiger partial charge is 0.384 e. The summed E-state index contributed by atoms with van der Waals surface area (Å²) in [6.45, 7) is 5.60. The van der Waals surface area contributed by atoms with E-state index in [1.54, 1.807) is 30.0 Å². The molecule has 3 rings (SSSR count). The average molecular weight is 361 g/mol. The number of aromatic nitrogens is 2. The number of para-hydroxylation sites is 1. The molecule has 140 valence electrons. The molecule has 2 heterocycles. The molecule has 1 aromatic heterocycles. The van der Waals surface area contributed by atoms with Crippen molar-refractivity contribution in [3.63, 3.8) is 0 Å². The summed E-state index contributed by atoms with van der Waals surface area (Å²) in [6, 6.07) is 6.30. The van der Waals surface area contributed by atoms with Crippen LogP contribution in [0.4, 0.5) is 4.39 Å². The van der Waals surface area contributed by atoms with Crippen LogP contribution in [0.2, 0.25) is 0 Å². The van der Waals surface area contributed by atoms with Gasteiger partial charge in [0.25, 0.3) is 0 Å². The highest BCUT2D eigenvalue weighted by molar-refractivity contribution is 5.77. The zero-order valence-corrected chi connectivity index (χ0v) is 15.4. The topological polar surface area (TPSA) is 56.6 Å². The van der Waals surface area contributed by atoms with Gasteiger partial charge >= 0.3 is 0 Å². The third kappa shape index (κ3) is 3.50. The van der Waals surface area contributed by atoms with E-state index in [2.05, 4.69) is 5.10 Å². The van der Waals surface area contributed by atoms with Crippen molar-refractivity contribution < 1.29 is 18.7 Å². The molecule has 1 aliphatic rings. The van der Waals surface area contributed by atoms with E-state index in [1.807, 2.05) is 18.7 Å². The van der Waals surface area contributed by atoms with Crippen LogP contribution < -0.4 is 0 Å². The summed E-state index contributed by atoms with van der Waals surface area (Å²) in [6.07, 6.45) is 0.326. The first-order valence-electron chi connectivity index (χ1n) is 8.71. The van der Waals surface area contributed by atoms with Gasteiger partial charge in [0, 0.05) is 24.9 Å². The number of benzene rings is 1. The van der Waals surface area contributed by atoms with E-state index >= 15 is 0 Å². The van der Waals surface area contributed by atoms with E-state index in [-0.39, 0.29) is 17.8 Å². The van der Waals surface area contributed by atoms with Crippen molar-refractivity contribution in [1.29, 1.82) is 0 Å². The highest BCUT2D eigenvalue weighted by Gasteiger charge is 2.32. The Morgan fingerprint density at radius 3 is 2.88 bits per heavy atom. The van der Waals surface area contributed by atoms with Crippen molar-refractivity contribution in [2.24, 2.45) is 0 Å². The van der Waals surface area contributed by atoms with Gasteiger partial charge in [0.2, 0.25) is 5.91 Å². The number of morpholine rings is 1. The smallest absolute Gasteiger partial charge is 0.225 e. The first-order chi connectivity index (χ1) is 12.5. The molecule has 1 amide bonds. The van der Waals surface area contributed by atoms with Gasteiger partial charge in [0.1, 0.15) is 11.5 Å². The maximum atomic E-state index is 14.2. The minimum Gasteiger partial charge on any atom is -0.384 e. The second-order valence-electron chi connectivity index (χ2n) is 6.37.